The predicted octanol–water partition coefficient (Wildman–Crippen LogP) is 3.14. The third-order valence-corrected chi connectivity index (χ3v) is 6.15. The molecule has 1 aromatic rings. The number of carbonyl (C=O) groups is 1. The first-order valence-corrected chi connectivity index (χ1v) is 11.6. The van der Waals surface area contributed by atoms with E-state index in [4.69, 9.17) is 4.99 Å². The highest BCUT2D eigenvalue weighted by Gasteiger charge is 2.21. The van der Waals surface area contributed by atoms with Crippen molar-refractivity contribution in [3.8, 4) is 6.07 Å². The Morgan fingerprint density at radius 1 is 1.34 bits per heavy atom. The summed E-state index contributed by atoms with van der Waals surface area (Å²) < 4.78 is 0. The predicted molar refractivity (Wildman–Crippen MR) is 125 cm³/mol. The van der Waals surface area contributed by atoms with E-state index in [0.717, 1.165) is 62.4 Å². The van der Waals surface area contributed by atoms with Crippen LogP contribution in [-0.2, 0) is 4.79 Å². The quantitative estimate of drug-likeness (QED) is 0.451. The Bertz CT molecular complexity index is 982. The van der Waals surface area contributed by atoms with Gasteiger partial charge in [0.05, 0.1) is 17.4 Å². The number of carbonyl (C=O) groups excluding carboxylic acids is 1. The summed E-state index contributed by atoms with van der Waals surface area (Å²) in [5.74, 6) is 1.67. The van der Waals surface area contributed by atoms with Crippen LogP contribution in [0.3, 0.4) is 0 Å². The molecule has 2 fully saturated rings. The van der Waals surface area contributed by atoms with Gasteiger partial charge in [-0.15, -0.1) is 0 Å². The highest BCUT2D eigenvalue weighted by molar-refractivity contribution is 5.91. The van der Waals surface area contributed by atoms with Gasteiger partial charge < -0.3 is 20.9 Å². The molecule has 1 aromatic heterocycles. The van der Waals surface area contributed by atoms with Crippen molar-refractivity contribution in [2.75, 3.05) is 25.0 Å². The summed E-state index contributed by atoms with van der Waals surface area (Å²) in [6, 6.07) is 8.32. The largest absolute Gasteiger partial charge is 0.370 e. The molecule has 8 nitrogen and oxygen atoms in total. The van der Waals surface area contributed by atoms with Crippen LogP contribution in [0.5, 0.6) is 0 Å². The van der Waals surface area contributed by atoms with E-state index in [-0.39, 0.29) is 5.91 Å². The van der Waals surface area contributed by atoms with Gasteiger partial charge in [0.25, 0.3) is 0 Å². The van der Waals surface area contributed by atoms with Gasteiger partial charge in [0.2, 0.25) is 5.91 Å². The molecule has 0 unspecified atom stereocenters. The second-order valence-electron chi connectivity index (χ2n) is 8.55. The molecule has 4 rings (SSSR count). The Kier molecular flexibility index (Phi) is 7.05. The van der Waals surface area contributed by atoms with Crippen LogP contribution in [0.4, 0.5) is 5.82 Å². The van der Waals surface area contributed by atoms with E-state index >= 15 is 0 Å². The number of nitrogens with zero attached hydrogens (tertiary/aromatic N) is 4. The molecule has 0 atom stereocenters. The maximum atomic E-state index is 11.7. The number of rotatable bonds is 7. The summed E-state index contributed by atoms with van der Waals surface area (Å²) in [5.41, 5.74) is 2.78. The zero-order valence-electron chi connectivity index (χ0n) is 18.7. The Hall–Kier alpha value is -3.34. The van der Waals surface area contributed by atoms with Crippen LogP contribution in [0, 0.1) is 11.3 Å². The fourth-order valence-electron chi connectivity index (χ4n) is 4.39. The summed E-state index contributed by atoms with van der Waals surface area (Å²) in [5, 5.41) is 19.8. The fraction of sp³-hybridized carbons (Fsp3) is 0.500. The molecule has 1 amide bonds. The minimum Gasteiger partial charge on any atom is -0.370 e. The Balaban J connectivity index is 1.44. The number of pyridine rings is 1. The lowest BCUT2D eigenvalue weighted by atomic mass is 10.0. The van der Waals surface area contributed by atoms with Crippen LogP contribution in [0.2, 0.25) is 0 Å². The lowest BCUT2D eigenvalue weighted by Gasteiger charge is -2.22. The Morgan fingerprint density at radius 3 is 2.94 bits per heavy atom. The number of likely N-dealkylation sites (tertiary alicyclic amines) is 1. The van der Waals surface area contributed by atoms with Gasteiger partial charge in [0, 0.05) is 32.3 Å². The normalized spacial score (nSPS) is 21.8. The standard InChI is InChI=1S/C24H31N7O/c1-17-16-27-24(28-18-7-2-3-8-18)30-23(17)19(15-25)20-9-4-10-21(29-20)26-12-6-14-31-13-5-11-22(31)32/h4,9-10,16,18H,2-3,5-8,11-14H2,1H3,(H,26,29)(H2,27,28,30). The number of aliphatic imine (C=N–C) groups is 1. The monoisotopic (exact) mass is 433 g/mol. The maximum Gasteiger partial charge on any atom is 0.222 e. The van der Waals surface area contributed by atoms with Crippen LogP contribution in [-0.4, -0.2) is 47.4 Å². The van der Waals surface area contributed by atoms with Crippen LogP contribution in [0.25, 0.3) is 5.57 Å². The number of allylic oxidation sites excluding steroid dienone is 2. The number of nitriles is 1. The number of nitrogens with one attached hydrogen (secondary N) is 3. The van der Waals surface area contributed by atoms with E-state index in [2.05, 4.69) is 27.0 Å². The third-order valence-electron chi connectivity index (χ3n) is 6.15. The van der Waals surface area contributed by atoms with Crippen LogP contribution >= 0.6 is 0 Å². The average molecular weight is 434 g/mol. The molecule has 0 bridgehead atoms. The second-order valence-corrected chi connectivity index (χ2v) is 8.55. The van der Waals surface area contributed by atoms with E-state index in [1.807, 2.05) is 36.2 Å². The molecule has 8 heteroatoms. The molecule has 0 spiro atoms. The molecule has 168 valence electrons. The van der Waals surface area contributed by atoms with Crippen molar-refractivity contribution < 1.29 is 4.79 Å². The Morgan fingerprint density at radius 2 is 2.19 bits per heavy atom. The number of hydrogen-bond donors (Lipinski definition) is 3. The van der Waals surface area contributed by atoms with E-state index in [9.17, 15) is 10.1 Å². The number of aromatic nitrogens is 1. The van der Waals surface area contributed by atoms with Crippen molar-refractivity contribution >= 4 is 23.3 Å². The topological polar surface area (TPSA) is 105 Å². The fourth-order valence-corrected chi connectivity index (χ4v) is 4.39. The minimum atomic E-state index is 0.254. The lowest BCUT2D eigenvalue weighted by Crippen LogP contribution is -2.39. The highest BCUT2D eigenvalue weighted by Crippen LogP contribution is 2.24. The number of guanidine groups is 1. The summed E-state index contributed by atoms with van der Waals surface area (Å²) >= 11 is 0. The summed E-state index contributed by atoms with van der Waals surface area (Å²) in [7, 11) is 0. The zero-order chi connectivity index (χ0) is 22.3. The molecule has 2 aliphatic heterocycles. The molecule has 32 heavy (non-hydrogen) atoms. The van der Waals surface area contributed by atoms with Gasteiger partial charge in [-0.25, -0.2) is 9.98 Å². The van der Waals surface area contributed by atoms with E-state index in [0.29, 0.717) is 29.7 Å². The smallest absolute Gasteiger partial charge is 0.222 e. The highest BCUT2D eigenvalue weighted by atomic mass is 16.2. The van der Waals surface area contributed by atoms with E-state index in [1.54, 1.807) is 0 Å². The molecule has 1 aliphatic carbocycles. The average Bonchev–Trinajstić information content (AvgIpc) is 3.46. The molecular weight excluding hydrogens is 402 g/mol. The minimum absolute atomic E-state index is 0.254. The molecule has 0 aromatic carbocycles. The van der Waals surface area contributed by atoms with Gasteiger partial charge >= 0.3 is 0 Å². The van der Waals surface area contributed by atoms with Gasteiger partial charge in [-0.1, -0.05) is 18.9 Å². The van der Waals surface area contributed by atoms with E-state index in [1.165, 1.54) is 12.8 Å². The Labute approximate surface area is 189 Å². The second kappa shape index (κ2) is 10.3. The van der Waals surface area contributed by atoms with Crippen molar-refractivity contribution in [1.82, 2.24) is 20.5 Å². The number of amides is 1. The molecule has 1 saturated carbocycles. The summed E-state index contributed by atoms with van der Waals surface area (Å²) in [4.78, 5) is 23.1. The van der Waals surface area contributed by atoms with Crippen LogP contribution in [0.15, 0.2) is 40.7 Å². The molecule has 3 aliphatic rings. The molecular formula is C24H31N7O. The van der Waals surface area contributed by atoms with Gasteiger partial charge in [-0.3, -0.25) is 4.79 Å². The van der Waals surface area contributed by atoms with Crippen molar-refractivity contribution in [2.45, 2.75) is 57.9 Å². The van der Waals surface area contributed by atoms with Crippen LogP contribution in [0.1, 0.15) is 57.6 Å². The van der Waals surface area contributed by atoms with Gasteiger partial charge in [0.1, 0.15) is 17.5 Å². The lowest BCUT2D eigenvalue weighted by molar-refractivity contribution is -0.127. The first-order chi connectivity index (χ1) is 15.6. The molecule has 1 saturated heterocycles. The van der Waals surface area contributed by atoms with Crippen molar-refractivity contribution in [3.63, 3.8) is 0 Å². The van der Waals surface area contributed by atoms with Gasteiger partial charge in [-0.2, -0.15) is 5.26 Å². The van der Waals surface area contributed by atoms with Gasteiger partial charge in [0.15, 0.2) is 5.96 Å². The summed E-state index contributed by atoms with van der Waals surface area (Å²) in [6.45, 7) is 4.31. The zero-order valence-corrected chi connectivity index (χ0v) is 18.7. The van der Waals surface area contributed by atoms with Gasteiger partial charge in [-0.05, 0) is 50.3 Å². The molecule has 3 N–H and O–H groups in total. The first kappa shape index (κ1) is 21.9. The maximum absolute atomic E-state index is 11.7. The summed E-state index contributed by atoms with van der Waals surface area (Å²) in [6.07, 6.45) is 9.06. The first-order valence-electron chi connectivity index (χ1n) is 11.6. The van der Waals surface area contributed by atoms with Crippen molar-refractivity contribution in [2.24, 2.45) is 4.99 Å². The van der Waals surface area contributed by atoms with Crippen molar-refractivity contribution in [3.05, 3.63) is 41.4 Å². The van der Waals surface area contributed by atoms with E-state index < -0.39 is 0 Å². The third kappa shape index (κ3) is 5.28. The van der Waals surface area contributed by atoms with Crippen LogP contribution < -0.4 is 16.0 Å². The molecule has 3 heterocycles. The molecule has 0 radical (unpaired) electrons. The van der Waals surface area contributed by atoms with Crippen molar-refractivity contribution in [1.29, 1.82) is 5.26 Å². The number of hydrogen-bond acceptors (Lipinski definition) is 5. The SMILES string of the molecule is CC1=CNC(=NC2CCCC2)NC1=C(C#N)c1cccc(NCCCN2CCCC2=O)n1. The number of anilines is 1.